The van der Waals surface area contributed by atoms with E-state index in [9.17, 15) is 0 Å². The molecular formula is Na4Sn3. The van der Waals surface area contributed by atoms with Crippen LogP contribution in [0.5, 0.6) is 0 Å². The van der Waals surface area contributed by atoms with E-state index in [0.29, 0.717) is 0 Å². The van der Waals surface area contributed by atoms with Crippen molar-refractivity contribution in [2.45, 2.75) is 0 Å². The number of rotatable bonds is 0. The molecule has 0 aromatic rings. The van der Waals surface area contributed by atoms with Gasteiger partial charge in [0, 0.05) is 190 Å². The molecule has 16 valence electrons. The minimum atomic E-state index is 0. The van der Waals surface area contributed by atoms with Crippen molar-refractivity contribution in [1.82, 2.24) is 0 Å². The fourth-order valence-corrected chi connectivity index (χ4v) is 0. The minimum absolute atomic E-state index is 0. The molecule has 0 atom stereocenters. The van der Waals surface area contributed by atoms with Gasteiger partial charge in [0.15, 0.2) is 0 Å². The van der Waals surface area contributed by atoms with Crippen LogP contribution < -0.4 is 0 Å². The molecule has 0 N–H and O–H groups in total. The van der Waals surface area contributed by atoms with E-state index in [1.807, 2.05) is 0 Å². The molecule has 0 heterocycles. The van der Waals surface area contributed by atoms with Gasteiger partial charge >= 0.3 is 0 Å². The van der Waals surface area contributed by atoms with Gasteiger partial charge in [0.2, 0.25) is 0 Å². The average molecular weight is 448 g/mol. The summed E-state index contributed by atoms with van der Waals surface area (Å²) < 4.78 is 0. The van der Waals surface area contributed by atoms with Crippen LogP contribution in [-0.2, 0) is 0 Å². The zero-order valence-electron chi connectivity index (χ0n) is 5.50. The summed E-state index contributed by atoms with van der Waals surface area (Å²) in [5, 5.41) is 0. The summed E-state index contributed by atoms with van der Waals surface area (Å²) in [6.45, 7) is 0. The van der Waals surface area contributed by atoms with Crippen LogP contribution in [0.2, 0.25) is 0 Å². The molecule has 0 aromatic carbocycles. The summed E-state index contributed by atoms with van der Waals surface area (Å²) >= 11 is 0. The average Bonchev–Trinajstić information content (AvgIpc) is 0. The van der Waals surface area contributed by atoms with Crippen molar-refractivity contribution in [3.05, 3.63) is 0 Å². The third-order valence-corrected chi connectivity index (χ3v) is 0. The van der Waals surface area contributed by atoms with Crippen molar-refractivity contribution in [1.29, 1.82) is 0 Å². The Balaban J connectivity index is 0. The molecule has 0 aromatic heterocycles. The Morgan fingerprint density at radius 1 is 0.286 bits per heavy atom. The smallest absolute Gasteiger partial charge is 0 e. The van der Waals surface area contributed by atoms with Gasteiger partial charge < -0.3 is 0 Å². The molecule has 0 amide bonds. The summed E-state index contributed by atoms with van der Waals surface area (Å²) in [7, 11) is 0. The van der Waals surface area contributed by atoms with E-state index in [1.54, 1.807) is 0 Å². The quantitative estimate of drug-likeness (QED) is 0.355. The maximum Gasteiger partial charge on any atom is 0 e. The fraction of sp³-hybridized carbons (Fsp3) is 0. The summed E-state index contributed by atoms with van der Waals surface area (Å²) in [4.78, 5) is 0. The minimum Gasteiger partial charge on any atom is 0 e. The normalized spacial score (nSPS) is 0. The van der Waals surface area contributed by atoms with Crippen LogP contribution in [0.3, 0.4) is 0 Å². The Bertz CT molecular complexity index is 6.90. The zero-order valence-corrected chi connectivity index (χ0v) is 22.1. The predicted molar refractivity (Wildman–Crippen MR) is 40.3 cm³/mol. The van der Waals surface area contributed by atoms with Crippen molar-refractivity contribution < 1.29 is 0 Å². The maximum atomic E-state index is 0. The summed E-state index contributed by atoms with van der Waals surface area (Å²) in [5.41, 5.74) is 0. The van der Waals surface area contributed by atoms with Gasteiger partial charge in [-0.05, 0) is 0 Å². The maximum absolute atomic E-state index is 0. The Labute approximate surface area is 184 Å². The Hall–Kier alpha value is 6.40. The molecule has 0 fully saturated rings. The molecule has 0 unspecified atom stereocenters. The van der Waals surface area contributed by atoms with Crippen molar-refractivity contribution in [3.63, 3.8) is 0 Å². The molecule has 0 rings (SSSR count). The molecular weight excluding hydrogens is 448 g/mol. The van der Waals surface area contributed by atoms with Gasteiger partial charge in [0.05, 0.1) is 0 Å². The SMILES string of the molecule is [Na].[Na].[Na].[Na].[Sn].[Sn].[Sn]. The van der Waals surface area contributed by atoms with E-state index in [-0.39, 0.29) is 190 Å². The number of hydrogen-bond acceptors (Lipinski definition) is 0. The summed E-state index contributed by atoms with van der Waals surface area (Å²) in [5.74, 6) is 0. The molecule has 0 nitrogen and oxygen atoms in total. The van der Waals surface area contributed by atoms with Gasteiger partial charge in [-0.25, -0.2) is 0 Å². The van der Waals surface area contributed by atoms with E-state index >= 15 is 0 Å². The van der Waals surface area contributed by atoms with Crippen LogP contribution in [0.25, 0.3) is 0 Å². The predicted octanol–water partition coefficient (Wildman–Crippen LogP) is -2.67. The van der Waals surface area contributed by atoms with Crippen molar-refractivity contribution >= 4 is 190 Å². The largest absolute Gasteiger partial charge is 0 e. The van der Waals surface area contributed by atoms with E-state index in [2.05, 4.69) is 0 Å². The zero-order chi connectivity index (χ0) is 0. The van der Waals surface area contributed by atoms with Crippen molar-refractivity contribution in [3.8, 4) is 0 Å². The topological polar surface area (TPSA) is 0 Å². The fourth-order valence-electron chi connectivity index (χ4n) is 0. The molecule has 0 aliphatic heterocycles. The second-order valence-electron chi connectivity index (χ2n) is 0. The van der Waals surface area contributed by atoms with Crippen molar-refractivity contribution in [2.75, 3.05) is 0 Å². The van der Waals surface area contributed by atoms with Crippen molar-refractivity contribution in [2.24, 2.45) is 0 Å². The van der Waals surface area contributed by atoms with Gasteiger partial charge in [-0.2, -0.15) is 0 Å². The third-order valence-electron chi connectivity index (χ3n) is 0. The van der Waals surface area contributed by atoms with Gasteiger partial charge in [-0.1, -0.05) is 0 Å². The summed E-state index contributed by atoms with van der Waals surface area (Å²) in [6, 6.07) is 0. The van der Waals surface area contributed by atoms with Crippen LogP contribution >= 0.6 is 0 Å². The molecule has 0 aliphatic rings. The molecule has 7 heavy (non-hydrogen) atoms. The molecule has 0 aliphatic carbocycles. The number of hydrogen-bond donors (Lipinski definition) is 0. The van der Waals surface area contributed by atoms with Gasteiger partial charge in [-0.3, -0.25) is 0 Å². The first-order valence-electron chi connectivity index (χ1n) is 0. The first-order chi connectivity index (χ1) is 0. The van der Waals surface area contributed by atoms with Gasteiger partial charge in [0.1, 0.15) is 0 Å². The van der Waals surface area contributed by atoms with Crippen LogP contribution in [0.1, 0.15) is 0 Å². The van der Waals surface area contributed by atoms with Crippen LogP contribution in [0, 0.1) is 0 Å². The van der Waals surface area contributed by atoms with Gasteiger partial charge in [0.25, 0.3) is 0 Å². The van der Waals surface area contributed by atoms with Crippen LogP contribution in [-0.4, -0.2) is 190 Å². The molecule has 0 spiro atoms. The van der Waals surface area contributed by atoms with Crippen LogP contribution in [0.4, 0.5) is 0 Å². The summed E-state index contributed by atoms with van der Waals surface area (Å²) in [6.07, 6.45) is 0. The first kappa shape index (κ1) is 50.3. The first-order valence-corrected chi connectivity index (χ1v) is 0. The van der Waals surface area contributed by atoms with Crippen LogP contribution in [0.15, 0.2) is 0 Å². The molecule has 0 bridgehead atoms. The van der Waals surface area contributed by atoms with E-state index in [1.165, 1.54) is 0 Å². The van der Waals surface area contributed by atoms with E-state index in [4.69, 9.17) is 0 Å². The third kappa shape index (κ3) is 32.7. The molecule has 16 radical (unpaired) electrons. The second kappa shape index (κ2) is 39.4. The van der Waals surface area contributed by atoms with E-state index < -0.39 is 0 Å². The Kier molecular flexibility index (Phi) is 283. The Morgan fingerprint density at radius 2 is 0.286 bits per heavy atom. The second-order valence-corrected chi connectivity index (χ2v) is 0. The molecule has 0 saturated carbocycles. The standard InChI is InChI=1S/4Na.3Sn. The van der Waals surface area contributed by atoms with E-state index in [0.717, 1.165) is 0 Å². The molecule has 0 saturated heterocycles. The van der Waals surface area contributed by atoms with Gasteiger partial charge in [-0.15, -0.1) is 0 Å². The molecule has 7 heteroatoms. The Morgan fingerprint density at radius 3 is 0.286 bits per heavy atom. The monoisotopic (exact) mass is 452 g/mol.